The van der Waals surface area contributed by atoms with Gasteiger partial charge >= 0.3 is 6.18 Å². The minimum Gasteiger partial charge on any atom is -0.397 e. The van der Waals surface area contributed by atoms with Crippen LogP contribution in [-0.2, 0) is 6.18 Å². The van der Waals surface area contributed by atoms with Crippen molar-refractivity contribution < 1.29 is 13.2 Å². The van der Waals surface area contributed by atoms with Crippen molar-refractivity contribution in [2.45, 2.75) is 26.1 Å². The summed E-state index contributed by atoms with van der Waals surface area (Å²) in [6.07, 6.45) is -4.38. The lowest BCUT2D eigenvalue weighted by Gasteiger charge is -2.18. The van der Waals surface area contributed by atoms with Gasteiger partial charge in [-0.15, -0.1) is 0 Å². The molecule has 1 unspecified atom stereocenters. The molecule has 21 heavy (non-hydrogen) atoms. The van der Waals surface area contributed by atoms with Gasteiger partial charge in [-0.3, -0.25) is 0 Å². The number of hydrogen-bond donors (Lipinski definition) is 2. The van der Waals surface area contributed by atoms with Crippen LogP contribution in [0, 0.1) is 6.92 Å². The molecule has 112 valence electrons. The summed E-state index contributed by atoms with van der Waals surface area (Å²) >= 11 is 0. The number of aryl methyl sites for hydroxylation is 1. The van der Waals surface area contributed by atoms with Crippen LogP contribution in [0.5, 0.6) is 0 Å². The highest BCUT2D eigenvalue weighted by Gasteiger charge is 2.30. The van der Waals surface area contributed by atoms with E-state index in [1.54, 1.807) is 0 Å². The van der Waals surface area contributed by atoms with E-state index in [0.717, 1.165) is 23.3 Å². The van der Waals surface area contributed by atoms with Gasteiger partial charge in [0.05, 0.1) is 16.9 Å². The van der Waals surface area contributed by atoms with Crippen molar-refractivity contribution in [3.63, 3.8) is 0 Å². The van der Waals surface area contributed by atoms with Crippen LogP contribution in [0.15, 0.2) is 42.5 Å². The highest BCUT2D eigenvalue weighted by Crippen LogP contribution is 2.33. The van der Waals surface area contributed by atoms with Crippen LogP contribution in [0.1, 0.15) is 29.7 Å². The summed E-state index contributed by atoms with van der Waals surface area (Å²) in [5.74, 6) is 0. The quantitative estimate of drug-likeness (QED) is 0.800. The Kier molecular flexibility index (Phi) is 4.11. The Balaban J connectivity index is 2.18. The molecule has 0 fully saturated rings. The van der Waals surface area contributed by atoms with Gasteiger partial charge in [0.15, 0.2) is 0 Å². The zero-order valence-electron chi connectivity index (χ0n) is 11.8. The fourth-order valence-electron chi connectivity index (χ4n) is 2.04. The van der Waals surface area contributed by atoms with E-state index in [0.29, 0.717) is 5.69 Å². The molecule has 2 aromatic carbocycles. The maximum absolute atomic E-state index is 12.6. The predicted octanol–water partition coefficient (Wildman–Crippen LogP) is 4.77. The number of benzene rings is 2. The summed E-state index contributed by atoms with van der Waals surface area (Å²) in [5.41, 5.74) is 7.74. The van der Waals surface area contributed by atoms with Crippen LogP contribution in [0.4, 0.5) is 24.5 Å². The molecule has 0 radical (unpaired) electrons. The zero-order chi connectivity index (χ0) is 15.6. The molecule has 0 bridgehead atoms. The number of anilines is 2. The first kappa shape index (κ1) is 15.2. The van der Waals surface area contributed by atoms with Crippen LogP contribution in [0.3, 0.4) is 0 Å². The first-order valence-corrected chi connectivity index (χ1v) is 6.57. The van der Waals surface area contributed by atoms with Crippen molar-refractivity contribution >= 4 is 11.4 Å². The third-order valence-corrected chi connectivity index (χ3v) is 3.33. The number of nitrogens with two attached hydrogens (primary N) is 1. The molecular formula is C16H17F3N2. The number of nitrogen functional groups attached to an aromatic ring is 1. The van der Waals surface area contributed by atoms with Gasteiger partial charge in [-0.05, 0) is 37.6 Å². The smallest absolute Gasteiger partial charge is 0.397 e. The Labute approximate surface area is 121 Å². The lowest BCUT2D eigenvalue weighted by molar-refractivity contribution is -0.137. The largest absolute Gasteiger partial charge is 0.416 e. The maximum Gasteiger partial charge on any atom is 0.416 e. The van der Waals surface area contributed by atoms with E-state index in [2.05, 4.69) is 5.32 Å². The average Bonchev–Trinajstić information content (AvgIpc) is 2.40. The Hall–Kier alpha value is -2.17. The molecule has 5 heteroatoms. The summed E-state index contributed by atoms with van der Waals surface area (Å²) in [7, 11) is 0. The van der Waals surface area contributed by atoms with Gasteiger partial charge in [0.2, 0.25) is 0 Å². The van der Waals surface area contributed by atoms with Crippen LogP contribution in [0.25, 0.3) is 0 Å². The normalized spacial score (nSPS) is 13.0. The van der Waals surface area contributed by atoms with Crippen molar-refractivity contribution in [2.75, 3.05) is 11.1 Å². The molecule has 0 amide bonds. The lowest BCUT2D eigenvalue weighted by atomic mass is 10.1. The molecule has 2 rings (SSSR count). The van der Waals surface area contributed by atoms with Crippen LogP contribution >= 0.6 is 0 Å². The van der Waals surface area contributed by atoms with E-state index in [9.17, 15) is 13.2 Å². The Morgan fingerprint density at radius 3 is 2.19 bits per heavy atom. The predicted molar refractivity (Wildman–Crippen MR) is 79.1 cm³/mol. The first-order valence-electron chi connectivity index (χ1n) is 6.57. The fourth-order valence-corrected chi connectivity index (χ4v) is 2.04. The third kappa shape index (κ3) is 3.68. The van der Waals surface area contributed by atoms with E-state index in [1.807, 2.05) is 38.1 Å². The fraction of sp³-hybridized carbons (Fsp3) is 0.250. The Morgan fingerprint density at radius 1 is 1.05 bits per heavy atom. The molecule has 3 N–H and O–H groups in total. The molecule has 2 aromatic rings. The molecule has 0 spiro atoms. The van der Waals surface area contributed by atoms with E-state index in [4.69, 9.17) is 5.73 Å². The summed E-state index contributed by atoms with van der Waals surface area (Å²) in [4.78, 5) is 0. The van der Waals surface area contributed by atoms with Crippen molar-refractivity contribution in [3.8, 4) is 0 Å². The zero-order valence-corrected chi connectivity index (χ0v) is 11.8. The number of nitrogens with one attached hydrogen (secondary N) is 1. The number of hydrogen-bond acceptors (Lipinski definition) is 2. The molecule has 2 nitrogen and oxygen atoms in total. The number of alkyl halides is 3. The summed E-state index contributed by atoms with van der Waals surface area (Å²) < 4.78 is 37.8. The average molecular weight is 294 g/mol. The topological polar surface area (TPSA) is 38.0 Å². The summed E-state index contributed by atoms with van der Waals surface area (Å²) in [6.45, 7) is 3.93. The molecule has 0 saturated carbocycles. The van der Waals surface area contributed by atoms with Gasteiger partial charge in [0, 0.05) is 6.04 Å². The maximum atomic E-state index is 12.6. The van der Waals surface area contributed by atoms with Gasteiger partial charge in [-0.1, -0.05) is 29.8 Å². The van der Waals surface area contributed by atoms with Gasteiger partial charge in [0.1, 0.15) is 0 Å². The Bertz CT molecular complexity index is 618. The summed E-state index contributed by atoms with van der Waals surface area (Å²) in [6, 6.07) is 11.2. The van der Waals surface area contributed by atoms with Crippen LogP contribution < -0.4 is 11.1 Å². The highest BCUT2D eigenvalue weighted by molar-refractivity contribution is 5.67. The second-order valence-electron chi connectivity index (χ2n) is 5.08. The standard InChI is InChI=1S/C16H17F3N2/c1-10-3-5-12(6-4-10)11(2)21-15-8-7-13(9-14(15)20)16(17,18)19/h3-9,11,21H,20H2,1-2H3. The molecule has 1 atom stereocenters. The van der Waals surface area contributed by atoms with Gasteiger partial charge < -0.3 is 11.1 Å². The van der Waals surface area contributed by atoms with Crippen LogP contribution in [0.2, 0.25) is 0 Å². The van der Waals surface area contributed by atoms with Crippen molar-refractivity contribution in [3.05, 3.63) is 59.2 Å². The minimum atomic E-state index is -4.38. The van der Waals surface area contributed by atoms with E-state index < -0.39 is 11.7 Å². The monoisotopic (exact) mass is 294 g/mol. The molecule has 0 aromatic heterocycles. The third-order valence-electron chi connectivity index (χ3n) is 3.33. The van der Waals surface area contributed by atoms with E-state index in [-0.39, 0.29) is 11.7 Å². The second kappa shape index (κ2) is 5.68. The number of halogens is 3. The van der Waals surface area contributed by atoms with Gasteiger partial charge in [-0.2, -0.15) is 13.2 Å². The van der Waals surface area contributed by atoms with E-state index >= 15 is 0 Å². The molecule has 0 aliphatic rings. The molecule has 0 aliphatic carbocycles. The molecule has 0 heterocycles. The SMILES string of the molecule is Cc1ccc(C(C)Nc2ccc(C(F)(F)F)cc2N)cc1. The number of rotatable bonds is 3. The van der Waals surface area contributed by atoms with Crippen molar-refractivity contribution in [1.29, 1.82) is 0 Å². The van der Waals surface area contributed by atoms with Gasteiger partial charge in [0.25, 0.3) is 0 Å². The van der Waals surface area contributed by atoms with Crippen molar-refractivity contribution in [2.24, 2.45) is 0 Å². The minimum absolute atomic E-state index is 0.0513. The summed E-state index contributed by atoms with van der Waals surface area (Å²) in [5, 5.41) is 3.13. The van der Waals surface area contributed by atoms with E-state index in [1.165, 1.54) is 6.07 Å². The van der Waals surface area contributed by atoms with Crippen molar-refractivity contribution in [1.82, 2.24) is 0 Å². The molecular weight excluding hydrogens is 277 g/mol. The highest BCUT2D eigenvalue weighted by atomic mass is 19.4. The first-order chi connectivity index (χ1) is 9.77. The second-order valence-corrected chi connectivity index (χ2v) is 5.08. The lowest BCUT2D eigenvalue weighted by Crippen LogP contribution is -2.10. The van der Waals surface area contributed by atoms with Crippen LogP contribution in [-0.4, -0.2) is 0 Å². The molecule has 0 aliphatic heterocycles. The van der Waals surface area contributed by atoms with Gasteiger partial charge in [-0.25, -0.2) is 0 Å². The Morgan fingerprint density at radius 2 is 1.67 bits per heavy atom. The molecule has 0 saturated heterocycles.